The summed E-state index contributed by atoms with van der Waals surface area (Å²) in [6.07, 6.45) is 3.09. The van der Waals surface area contributed by atoms with E-state index >= 15 is 0 Å². The molecule has 0 saturated carbocycles. The van der Waals surface area contributed by atoms with E-state index < -0.39 is 4.92 Å². The molecule has 1 saturated heterocycles. The number of benzene rings is 1. The fraction of sp³-hybridized carbons (Fsp3) is 0.294. The Morgan fingerprint density at radius 3 is 2.92 bits per heavy atom. The van der Waals surface area contributed by atoms with Crippen molar-refractivity contribution in [3.05, 3.63) is 57.5 Å². The predicted octanol–water partition coefficient (Wildman–Crippen LogP) is 1.86. The topological polar surface area (TPSA) is 122 Å². The van der Waals surface area contributed by atoms with Crippen LogP contribution in [0.25, 0.3) is 0 Å². The van der Waals surface area contributed by atoms with Gasteiger partial charge in [-0.1, -0.05) is 6.07 Å². The molecule has 1 unspecified atom stereocenters. The van der Waals surface area contributed by atoms with Crippen LogP contribution in [0.5, 0.6) is 5.88 Å². The molecule has 1 aromatic carbocycles. The molecule has 1 aromatic heterocycles. The molecule has 0 spiro atoms. The van der Waals surface area contributed by atoms with Crippen LogP contribution in [0.1, 0.15) is 28.0 Å². The van der Waals surface area contributed by atoms with Crippen LogP contribution in [0.15, 0.2) is 30.6 Å². The van der Waals surface area contributed by atoms with Gasteiger partial charge in [-0.15, -0.1) is 0 Å². The van der Waals surface area contributed by atoms with Crippen LogP contribution in [0.4, 0.5) is 5.69 Å². The van der Waals surface area contributed by atoms with Gasteiger partial charge in [0, 0.05) is 42.6 Å². The van der Waals surface area contributed by atoms with Crippen molar-refractivity contribution in [2.24, 2.45) is 0 Å². The summed E-state index contributed by atoms with van der Waals surface area (Å²) in [6, 6.07) is 6.36. The van der Waals surface area contributed by atoms with Gasteiger partial charge in [0.25, 0.3) is 17.5 Å². The van der Waals surface area contributed by atoms with Crippen LogP contribution < -0.4 is 4.74 Å². The van der Waals surface area contributed by atoms with Crippen molar-refractivity contribution >= 4 is 11.6 Å². The second-order valence-electron chi connectivity index (χ2n) is 5.81. The number of amides is 1. The van der Waals surface area contributed by atoms with Crippen LogP contribution in [0.3, 0.4) is 0 Å². The summed E-state index contributed by atoms with van der Waals surface area (Å²) >= 11 is 0. The number of nitro groups is 1. The Kier molecular flexibility index (Phi) is 4.75. The van der Waals surface area contributed by atoms with Gasteiger partial charge >= 0.3 is 0 Å². The molecule has 132 valence electrons. The van der Waals surface area contributed by atoms with E-state index in [2.05, 4.69) is 9.97 Å². The number of nitriles is 1. The molecule has 0 aliphatic carbocycles. The molecular weight excluding hydrogens is 338 g/mol. The molecular formula is C17H15N5O4. The zero-order valence-electron chi connectivity index (χ0n) is 14.0. The lowest BCUT2D eigenvalue weighted by Gasteiger charge is -2.18. The number of ether oxygens (including phenoxy) is 1. The molecule has 2 heterocycles. The van der Waals surface area contributed by atoms with Crippen molar-refractivity contribution in [3.8, 4) is 11.9 Å². The molecule has 0 radical (unpaired) electrons. The van der Waals surface area contributed by atoms with Crippen LogP contribution >= 0.6 is 0 Å². The Hall–Kier alpha value is -3.54. The number of hydrogen-bond donors (Lipinski definition) is 0. The minimum absolute atomic E-state index is 0.0823. The van der Waals surface area contributed by atoms with E-state index in [0.717, 1.165) is 0 Å². The number of nitro benzene ring substituents is 1. The van der Waals surface area contributed by atoms with Crippen molar-refractivity contribution in [2.75, 3.05) is 13.1 Å². The van der Waals surface area contributed by atoms with Gasteiger partial charge in [-0.3, -0.25) is 14.9 Å². The number of likely N-dealkylation sites (tertiary alicyclic amines) is 1. The van der Waals surface area contributed by atoms with Crippen molar-refractivity contribution < 1.29 is 14.5 Å². The van der Waals surface area contributed by atoms with E-state index in [-0.39, 0.29) is 29.3 Å². The van der Waals surface area contributed by atoms with E-state index in [4.69, 9.17) is 10.00 Å². The first-order chi connectivity index (χ1) is 12.5. The predicted molar refractivity (Wildman–Crippen MR) is 89.5 cm³/mol. The third kappa shape index (κ3) is 3.30. The fourth-order valence-electron chi connectivity index (χ4n) is 2.88. The van der Waals surface area contributed by atoms with Crippen molar-refractivity contribution in [1.29, 1.82) is 5.26 Å². The standard InChI is InChI=1S/C17H15N5O4/c1-11-13(3-2-4-15(11)22(24)25)17(23)21-8-5-12(10-21)26-16-14(9-18)19-6-7-20-16/h2-4,6-7,12H,5,8,10H2,1H3. The third-order valence-electron chi connectivity index (χ3n) is 4.21. The molecule has 2 aromatic rings. The van der Waals surface area contributed by atoms with Crippen LogP contribution in [-0.2, 0) is 0 Å². The minimum atomic E-state index is -0.500. The number of carbonyl (C=O) groups excluding carboxylic acids is 1. The van der Waals surface area contributed by atoms with E-state index in [1.807, 2.05) is 6.07 Å². The molecule has 9 nitrogen and oxygen atoms in total. The molecule has 0 bridgehead atoms. The first-order valence-electron chi connectivity index (χ1n) is 7.92. The Labute approximate surface area is 149 Å². The zero-order chi connectivity index (χ0) is 18.7. The monoisotopic (exact) mass is 353 g/mol. The summed E-state index contributed by atoms with van der Waals surface area (Å²) in [5.41, 5.74) is 0.650. The summed E-state index contributed by atoms with van der Waals surface area (Å²) in [5.74, 6) is -0.141. The number of carbonyl (C=O) groups is 1. The summed E-state index contributed by atoms with van der Waals surface area (Å²) in [5, 5.41) is 20.1. The van der Waals surface area contributed by atoms with E-state index in [9.17, 15) is 14.9 Å². The van der Waals surface area contributed by atoms with Crippen LogP contribution in [0.2, 0.25) is 0 Å². The Morgan fingerprint density at radius 1 is 1.42 bits per heavy atom. The maximum absolute atomic E-state index is 12.7. The molecule has 26 heavy (non-hydrogen) atoms. The van der Waals surface area contributed by atoms with E-state index in [0.29, 0.717) is 30.6 Å². The molecule has 0 N–H and O–H groups in total. The zero-order valence-corrected chi connectivity index (χ0v) is 14.0. The highest BCUT2D eigenvalue weighted by Crippen LogP contribution is 2.25. The molecule has 1 amide bonds. The first kappa shape index (κ1) is 17.3. The summed E-state index contributed by atoms with van der Waals surface area (Å²) in [6.45, 7) is 2.32. The van der Waals surface area contributed by atoms with Crippen molar-refractivity contribution in [1.82, 2.24) is 14.9 Å². The van der Waals surface area contributed by atoms with Crippen molar-refractivity contribution in [3.63, 3.8) is 0 Å². The van der Waals surface area contributed by atoms with Gasteiger partial charge in [-0.2, -0.15) is 5.26 Å². The van der Waals surface area contributed by atoms with Gasteiger partial charge < -0.3 is 9.64 Å². The molecule has 3 rings (SSSR count). The molecule has 1 aliphatic heterocycles. The smallest absolute Gasteiger partial charge is 0.273 e. The SMILES string of the molecule is Cc1c(C(=O)N2CCC(Oc3nccnc3C#N)C2)cccc1[N+](=O)[O-]. The van der Waals surface area contributed by atoms with Gasteiger partial charge in [-0.05, 0) is 13.0 Å². The number of aromatic nitrogens is 2. The van der Waals surface area contributed by atoms with Gasteiger partial charge in [0.2, 0.25) is 5.69 Å². The first-order valence-corrected chi connectivity index (χ1v) is 7.92. The molecule has 1 atom stereocenters. The quantitative estimate of drug-likeness (QED) is 0.607. The number of hydrogen-bond acceptors (Lipinski definition) is 7. The lowest BCUT2D eigenvalue weighted by molar-refractivity contribution is -0.385. The molecule has 1 fully saturated rings. The Balaban J connectivity index is 1.73. The maximum atomic E-state index is 12.7. The van der Waals surface area contributed by atoms with Crippen LogP contribution in [0, 0.1) is 28.4 Å². The molecule has 9 heteroatoms. The largest absolute Gasteiger partial charge is 0.470 e. The van der Waals surface area contributed by atoms with Crippen LogP contribution in [-0.4, -0.2) is 44.9 Å². The minimum Gasteiger partial charge on any atom is -0.470 e. The molecule has 1 aliphatic rings. The van der Waals surface area contributed by atoms with Gasteiger partial charge in [0.05, 0.1) is 11.5 Å². The lowest BCUT2D eigenvalue weighted by atomic mass is 10.1. The lowest BCUT2D eigenvalue weighted by Crippen LogP contribution is -2.31. The fourth-order valence-corrected chi connectivity index (χ4v) is 2.88. The van der Waals surface area contributed by atoms with Gasteiger partial charge in [0.15, 0.2) is 0 Å². The normalized spacial score (nSPS) is 16.2. The highest BCUT2D eigenvalue weighted by Gasteiger charge is 2.31. The summed E-state index contributed by atoms with van der Waals surface area (Å²) < 4.78 is 5.71. The van der Waals surface area contributed by atoms with Gasteiger partial charge in [0.1, 0.15) is 12.2 Å². The van der Waals surface area contributed by atoms with E-state index in [1.54, 1.807) is 17.9 Å². The average Bonchev–Trinajstić information content (AvgIpc) is 3.10. The third-order valence-corrected chi connectivity index (χ3v) is 4.21. The second kappa shape index (κ2) is 7.14. The Morgan fingerprint density at radius 2 is 2.19 bits per heavy atom. The second-order valence-corrected chi connectivity index (χ2v) is 5.81. The highest BCUT2D eigenvalue weighted by atomic mass is 16.6. The number of nitrogens with zero attached hydrogens (tertiary/aromatic N) is 5. The van der Waals surface area contributed by atoms with Crippen molar-refractivity contribution in [2.45, 2.75) is 19.4 Å². The highest BCUT2D eigenvalue weighted by molar-refractivity contribution is 5.96. The number of rotatable bonds is 4. The van der Waals surface area contributed by atoms with E-state index in [1.165, 1.54) is 24.5 Å². The summed E-state index contributed by atoms with van der Waals surface area (Å²) in [7, 11) is 0. The summed E-state index contributed by atoms with van der Waals surface area (Å²) in [4.78, 5) is 32.8. The Bertz CT molecular complexity index is 908. The van der Waals surface area contributed by atoms with Gasteiger partial charge in [-0.25, -0.2) is 9.97 Å². The maximum Gasteiger partial charge on any atom is 0.273 e. The average molecular weight is 353 g/mol.